The summed E-state index contributed by atoms with van der Waals surface area (Å²) in [5.74, 6) is -1.16. The average molecular weight is 412 g/mol. The monoisotopic (exact) mass is 412 g/mol. The Balaban J connectivity index is 1.66. The third-order valence-corrected chi connectivity index (χ3v) is 6.30. The van der Waals surface area contributed by atoms with Gasteiger partial charge in [-0.3, -0.25) is 9.59 Å². The number of fused-ring (bicyclic) bond motifs is 4. The summed E-state index contributed by atoms with van der Waals surface area (Å²) in [7, 11) is 0. The van der Waals surface area contributed by atoms with E-state index in [9.17, 15) is 9.59 Å². The van der Waals surface area contributed by atoms with Crippen LogP contribution in [0.4, 0.5) is 4.39 Å². The number of rotatable bonds is 3. The number of halogens is 1. The summed E-state index contributed by atoms with van der Waals surface area (Å²) in [6.07, 6.45) is 2.58. The van der Waals surface area contributed by atoms with E-state index in [1.165, 1.54) is 12.1 Å². The van der Waals surface area contributed by atoms with Gasteiger partial charge in [-0.1, -0.05) is 49.0 Å². The van der Waals surface area contributed by atoms with Gasteiger partial charge < -0.3 is 10.6 Å². The van der Waals surface area contributed by atoms with Gasteiger partial charge in [0.05, 0.1) is 0 Å². The van der Waals surface area contributed by atoms with Gasteiger partial charge >= 0.3 is 0 Å². The Labute approximate surface area is 179 Å². The molecule has 1 aliphatic heterocycles. The van der Waals surface area contributed by atoms with Gasteiger partial charge in [-0.15, -0.1) is 0 Å². The van der Waals surface area contributed by atoms with E-state index >= 15 is 4.39 Å². The van der Waals surface area contributed by atoms with E-state index in [1.54, 1.807) is 4.90 Å². The lowest BCUT2D eigenvalue weighted by Crippen LogP contribution is -2.34. The molecule has 5 rings (SSSR count). The molecule has 0 radical (unpaired) electrons. The maximum atomic E-state index is 15.4. The molecule has 31 heavy (non-hydrogen) atoms. The van der Waals surface area contributed by atoms with Gasteiger partial charge in [0.2, 0.25) is 11.8 Å². The molecule has 0 bridgehead atoms. The van der Waals surface area contributed by atoms with Crippen molar-refractivity contribution in [1.29, 1.82) is 0 Å². The van der Waals surface area contributed by atoms with E-state index < -0.39 is 11.7 Å². The van der Waals surface area contributed by atoms with Gasteiger partial charge in [0.1, 0.15) is 5.82 Å². The average Bonchev–Trinajstić information content (AvgIpc) is 3.16. The van der Waals surface area contributed by atoms with Gasteiger partial charge in [-0.25, -0.2) is 4.39 Å². The zero-order valence-corrected chi connectivity index (χ0v) is 17.0. The van der Waals surface area contributed by atoms with Crippen molar-refractivity contribution < 1.29 is 14.0 Å². The second-order valence-corrected chi connectivity index (χ2v) is 8.03. The summed E-state index contributed by atoms with van der Waals surface area (Å²) in [5.41, 5.74) is 12.8. The van der Waals surface area contributed by atoms with E-state index in [0.717, 1.165) is 38.9 Å². The fraction of sp³-hybridized carbons (Fsp3) is 0.154. The first-order chi connectivity index (χ1) is 15.0. The molecule has 0 unspecified atom stereocenters. The number of benzene rings is 3. The van der Waals surface area contributed by atoms with Crippen molar-refractivity contribution in [3.8, 4) is 22.3 Å². The van der Waals surface area contributed by atoms with Crippen molar-refractivity contribution in [1.82, 2.24) is 4.90 Å². The number of hydrogen-bond donors (Lipinski definition) is 1. The molecule has 3 aromatic rings. The van der Waals surface area contributed by atoms with Crippen LogP contribution in [0.1, 0.15) is 32.6 Å². The first kappa shape index (κ1) is 19.2. The fourth-order valence-electron chi connectivity index (χ4n) is 4.81. The van der Waals surface area contributed by atoms with Crippen molar-refractivity contribution >= 4 is 11.8 Å². The topological polar surface area (TPSA) is 63.4 Å². The minimum atomic E-state index is -0.619. The normalized spacial score (nSPS) is 13.9. The van der Waals surface area contributed by atoms with Crippen molar-refractivity contribution in [3.05, 3.63) is 94.8 Å². The predicted molar refractivity (Wildman–Crippen MR) is 118 cm³/mol. The first-order valence-electron chi connectivity index (χ1n) is 10.2. The molecule has 1 aliphatic carbocycles. The van der Waals surface area contributed by atoms with E-state index in [4.69, 9.17) is 5.73 Å². The molecule has 2 amide bonds. The zero-order valence-electron chi connectivity index (χ0n) is 17.0. The van der Waals surface area contributed by atoms with Crippen molar-refractivity contribution in [3.63, 3.8) is 0 Å². The molecule has 2 N–H and O–H groups in total. The number of carbonyl (C=O) groups is 2. The summed E-state index contributed by atoms with van der Waals surface area (Å²) in [6, 6.07) is 15.0. The molecule has 0 atom stereocenters. The highest BCUT2D eigenvalue weighted by molar-refractivity contribution is 6.02. The first-order valence-corrected chi connectivity index (χ1v) is 10.2. The molecular weight excluding hydrogens is 391 g/mol. The minimum absolute atomic E-state index is 0.0859. The Hall–Kier alpha value is -3.73. The predicted octanol–water partition coefficient (Wildman–Crippen LogP) is 4.23. The van der Waals surface area contributed by atoms with E-state index in [0.29, 0.717) is 31.5 Å². The maximum Gasteiger partial charge on any atom is 0.249 e. The smallest absolute Gasteiger partial charge is 0.249 e. The Bertz CT molecular complexity index is 1280. The van der Waals surface area contributed by atoms with E-state index in [-0.39, 0.29) is 11.5 Å². The standard InChI is InChI=1S/C26H21FN2O2/c1-2-23(30)29-10-9-15-11-17(7-8-18(15)14-29)24-22(27)13-21(26(28)31)20-12-16-5-3-4-6-19(16)25(20)24/h2-8,11,13H,1,9-10,12,14H2,(H2,28,31). The van der Waals surface area contributed by atoms with Gasteiger partial charge in [-0.05, 0) is 63.9 Å². The molecule has 0 spiro atoms. The molecule has 0 saturated heterocycles. The molecule has 5 heteroatoms. The van der Waals surface area contributed by atoms with Crippen LogP contribution in [0.15, 0.2) is 61.2 Å². The number of primary amides is 1. The number of nitrogens with two attached hydrogens (primary N) is 1. The van der Waals surface area contributed by atoms with E-state index in [2.05, 4.69) is 6.58 Å². The molecule has 0 saturated carbocycles. The Kier molecular flexibility index (Phi) is 4.47. The van der Waals surface area contributed by atoms with Crippen LogP contribution in [0.3, 0.4) is 0 Å². The summed E-state index contributed by atoms with van der Waals surface area (Å²) >= 11 is 0. The Morgan fingerprint density at radius 3 is 2.61 bits per heavy atom. The number of hydrogen-bond acceptors (Lipinski definition) is 2. The Morgan fingerprint density at radius 1 is 1.03 bits per heavy atom. The maximum absolute atomic E-state index is 15.4. The van der Waals surface area contributed by atoms with Crippen LogP contribution in [0.25, 0.3) is 22.3 Å². The van der Waals surface area contributed by atoms with Gasteiger partial charge in [0, 0.05) is 24.2 Å². The van der Waals surface area contributed by atoms with Crippen LogP contribution in [0.5, 0.6) is 0 Å². The van der Waals surface area contributed by atoms with Crippen molar-refractivity contribution in [2.75, 3.05) is 6.54 Å². The quantitative estimate of drug-likeness (QED) is 0.512. The molecule has 0 fully saturated rings. The molecule has 2 aliphatic rings. The molecule has 1 heterocycles. The number of carbonyl (C=O) groups excluding carboxylic acids is 2. The fourth-order valence-corrected chi connectivity index (χ4v) is 4.81. The highest BCUT2D eigenvalue weighted by atomic mass is 19.1. The zero-order chi connectivity index (χ0) is 21.7. The molecule has 4 nitrogen and oxygen atoms in total. The number of nitrogens with zero attached hydrogens (tertiary/aromatic N) is 1. The summed E-state index contributed by atoms with van der Waals surface area (Å²) in [5, 5.41) is 0. The lowest BCUT2D eigenvalue weighted by molar-refractivity contribution is -0.126. The molecular formula is C26H21FN2O2. The van der Waals surface area contributed by atoms with Crippen LogP contribution in [0.2, 0.25) is 0 Å². The van der Waals surface area contributed by atoms with E-state index in [1.807, 2.05) is 42.5 Å². The largest absolute Gasteiger partial charge is 0.366 e. The van der Waals surface area contributed by atoms with Crippen molar-refractivity contribution in [2.24, 2.45) is 5.73 Å². The lowest BCUT2D eigenvalue weighted by Gasteiger charge is -2.28. The minimum Gasteiger partial charge on any atom is -0.366 e. The van der Waals surface area contributed by atoms with Crippen molar-refractivity contribution in [2.45, 2.75) is 19.4 Å². The van der Waals surface area contributed by atoms with Gasteiger partial charge in [0.15, 0.2) is 0 Å². The van der Waals surface area contributed by atoms with Gasteiger partial charge in [-0.2, -0.15) is 0 Å². The third kappa shape index (κ3) is 3.05. The van der Waals surface area contributed by atoms with Crippen LogP contribution in [-0.4, -0.2) is 23.3 Å². The molecule has 154 valence electrons. The molecule has 3 aromatic carbocycles. The highest BCUT2D eigenvalue weighted by Crippen LogP contribution is 2.46. The molecule has 0 aromatic heterocycles. The third-order valence-electron chi connectivity index (χ3n) is 6.30. The second kappa shape index (κ2) is 7.20. The van der Waals surface area contributed by atoms with Gasteiger partial charge in [0.25, 0.3) is 0 Å². The Morgan fingerprint density at radius 2 is 1.84 bits per heavy atom. The summed E-state index contributed by atoms with van der Waals surface area (Å²) in [6.45, 7) is 4.68. The second-order valence-electron chi connectivity index (χ2n) is 8.03. The van der Waals surface area contributed by atoms with Crippen LogP contribution < -0.4 is 5.73 Å². The van der Waals surface area contributed by atoms with Crippen LogP contribution in [0, 0.1) is 5.82 Å². The number of amides is 2. The highest BCUT2D eigenvalue weighted by Gasteiger charge is 2.29. The van der Waals surface area contributed by atoms with Crippen LogP contribution in [-0.2, 0) is 24.2 Å². The lowest BCUT2D eigenvalue weighted by atomic mass is 9.88. The summed E-state index contributed by atoms with van der Waals surface area (Å²) in [4.78, 5) is 25.7. The van der Waals surface area contributed by atoms with Crippen LogP contribution >= 0.6 is 0 Å². The summed E-state index contributed by atoms with van der Waals surface area (Å²) < 4.78 is 15.4. The SMILES string of the molecule is C=CC(=O)N1CCc2cc(-c3c(F)cc(C(N)=O)c4c3-c3ccccc3C4)ccc2C1.